The standard InChI is InChI=1S/C14H23NO/c1-3-14(15,11-8-12-16-4-2)13-9-6-5-7-10-13/h5-7,9-10H,3-4,8,11-12,15H2,1-2H3. The Morgan fingerprint density at radius 3 is 2.44 bits per heavy atom. The van der Waals surface area contributed by atoms with Crippen LogP contribution in [0.25, 0.3) is 0 Å². The van der Waals surface area contributed by atoms with E-state index in [0.29, 0.717) is 0 Å². The van der Waals surface area contributed by atoms with Crippen LogP contribution >= 0.6 is 0 Å². The molecular weight excluding hydrogens is 198 g/mol. The van der Waals surface area contributed by atoms with Crippen LogP contribution in [0.5, 0.6) is 0 Å². The van der Waals surface area contributed by atoms with E-state index in [1.807, 2.05) is 13.0 Å². The fourth-order valence-corrected chi connectivity index (χ4v) is 1.93. The van der Waals surface area contributed by atoms with Gasteiger partial charge >= 0.3 is 0 Å². The summed E-state index contributed by atoms with van der Waals surface area (Å²) in [6.45, 7) is 5.76. The third kappa shape index (κ3) is 3.62. The van der Waals surface area contributed by atoms with Crippen molar-refractivity contribution in [2.24, 2.45) is 5.73 Å². The first-order chi connectivity index (χ1) is 7.73. The minimum Gasteiger partial charge on any atom is -0.382 e. The summed E-state index contributed by atoms with van der Waals surface area (Å²) in [5.74, 6) is 0. The molecule has 16 heavy (non-hydrogen) atoms. The quantitative estimate of drug-likeness (QED) is 0.718. The highest BCUT2D eigenvalue weighted by Gasteiger charge is 2.23. The molecule has 0 saturated heterocycles. The van der Waals surface area contributed by atoms with Crippen molar-refractivity contribution in [1.82, 2.24) is 0 Å². The van der Waals surface area contributed by atoms with Gasteiger partial charge in [-0.3, -0.25) is 0 Å². The SMILES string of the molecule is CCOCCCC(N)(CC)c1ccccc1. The maximum Gasteiger partial charge on any atom is 0.0466 e. The number of rotatable bonds is 7. The van der Waals surface area contributed by atoms with Gasteiger partial charge in [0.1, 0.15) is 0 Å². The van der Waals surface area contributed by atoms with Crippen molar-refractivity contribution in [2.75, 3.05) is 13.2 Å². The fraction of sp³-hybridized carbons (Fsp3) is 0.571. The van der Waals surface area contributed by atoms with Crippen LogP contribution in [0.4, 0.5) is 0 Å². The molecule has 2 nitrogen and oxygen atoms in total. The smallest absolute Gasteiger partial charge is 0.0466 e. The Morgan fingerprint density at radius 1 is 1.19 bits per heavy atom. The molecule has 0 spiro atoms. The van der Waals surface area contributed by atoms with Gasteiger partial charge in [-0.25, -0.2) is 0 Å². The molecule has 1 atom stereocenters. The van der Waals surface area contributed by atoms with Crippen LogP contribution in [0.3, 0.4) is 0 Å². The van der Waals surface area contributed by atoms with Gasteiger partial charge in [-0.2, -0.15) is 0 Å². The van der Waals surface area contributed by atoms with Crippen molar-refractivity contribution in [1.29, 1.82) is 0 Å². The molecule has 0 saturated carbocycles. The summed E-state index contributed by atoms with van der Waals surface area (Å²) in [5, 5.41) is 0. The second-order valence-electron chi connectivity index (χ2n) is 4.18. The molecule has 1 aromatic carbocycles. The van der Waals surface area contributed by atoms with Crippen molar-refractivity contribution in [3.8, 4) is 0 Å². The molecule has 2 N–H and O–H groups in total. The largest absolute Gasteiger partial charge is 0.382 e. The maximum absolute atomic E-state index is 6.45. The average molecular weight is 221 g/mol. The van der Waals surface area contributed by atoms with E-state index in [4.69, 9.17) is 10.5 Å². The topological polar surface area (TPSA) is 35.2 Å². The van der Waals surface area contributed by atoms with E-state index >= 15 is 0 Å². The predicted molar refractivity (Wildman–Crippen MR) is 68.3 cm³/mol. The summed E-state index contributed by atoms with van der Waals surface area (Å²) in [6.07, 6.45) is 2.96. The van der Waals surface area contributed by atoms with E-state index in [0.717, 1.165) is 32.5 Å². The van der Waals surface area contributed by atoms with Crippen molar-refractivity contribution in [2.45, 2.75) is 38.6 Å². The van der Waals surface area contributed by atoms with E-state index in [9.17, 15) is 0 Å². The number of hydrogen-bond acceptors (Lipinski definition) is 2. The van der Waals surface area contributed by atoms with Crippen LogP contribution in [-0.4, -0.2) is 13.2 Å². The van der Waals surface area contributed by atoms with Gasteiger partial charge in [0.2, 0.25) is 0 Å². The molecule has 0 aromatic heterocycles. The highest BCUT2D eigenvalue weighted by atomic mass is 16.5. The molecule has 0 aliphatic carbocycles. The van der Waals surface area contributed by atoms with Crippen molar-refractivity contribution < 1.29 is 4.74 Å². The van der Waals surface area contributed by atoms with Crippen molar-refractivity contribution in [3.05, 3.63) is 35.9 Å². The second kappa shape index (κ2) is 6.66. The molecule has 1 rings (SSSR count). The molecule has 0 fully saturated rings. The van der Waals surface area contributed by atoms with Crippen molar-refractivity contribution in [3.63, 3.8) is 0 Å². The minimum atomic E-state index is -0.196. The van der Waals surface area contributed by atoms with Gasteiger partial charge < -0.3 is 10.5 Å². The summed E-state index contributed by atoms with van der Waals surface area (Å²) in [5.41, 5.74) is 7.48. The Hall–Kier alpha value is -0.860. The molecule has 1 aromatic rings. The predicted octanol–water partition coefficient (Wildman–Crippen LogP) is 3.07. The first kappa shape index (κ1) is 13.2. The molecule has 0 radical (unpaired) electrons. The molecule has 0 heterocycles. The number of ether oxygens (including phenoxy) is 1. The Labute approximate surface area is 98.8 Å². The van der Waals surface area contributed by atoms with Gasteiger partial charge in [0.15, 0.2) is 0 Å². The highest BCUT2D eigenvalue weighted by molar-refractivity contribution is 5.23. The Kier molecular flexibility index (Phi) is 5.50. The molecule has 0 aliphatic rings. The lowest BCUT2D eigenvalue weighted by molar-refractivity contribution is 0.136. The van der Waals surface area contributed by atoms with Gasteiger partial charge in [-0.05, 0) is 31.7 Å². The molecule has 1 unspecified atom stereocenters. The van der Waals surface area contributed by atoms with E-state index in [1.165, 1.54) is 5.56 Å². The second-order valence-corrected chi connectivity index (χ2v) is 4.18. The zero-order valence-electron chi connectivity index (χ0n) is 10.4. The number of benzene rings is 1. The lowest BCUT2D eigenvalue weighted by atomic mass is 9.84. The van der Waals surface area contributed by atoms with E-state index in [1.54, 1.807) is 0 Å². The molecule has 90 valence electrons. The van der Waals surface area contributed by atoms with Crippen LogP contribution in [0.15, 0.2) is 30.3 Å². The fourth-order valence-electron chi connectivity index (χ4n) is 1.93. The number of hydrogen-bond donors (Lipinski definition) is 1. The van der Waals surface area contributed by atoms with Crippen LogP contribution in [0, 0.1) is 0 Å². The summed E-state index contributed by atoms with van der Waals surface area (Å²) in [7, 11) is 0. The average Bonchev–Trinajstić information content (AvgIpc) is 2.35. The van der Waals surface area contributed by atoms with E-state index in [2.05, 4.69) is 31.2 Å². The minimum absolute atomic E-state index is 0.196. The molecule has 0 bridgehead atoms. The monoisotopic (exact) mass is 221 g/mol. The van der Waals surface area contributed by atoms with Gasteiger partial charge in [-0.15, -0.1) is 0 Å². The first-order valence-electron chi connectivity index (χ1n) is 6.15. The van der Waals surface area contributed by atoms with E-state index < -0.39 is 0 Å². The Bertz CT molecular complexity index is 286. The van der Waals surface area contributed by atoms with Crippen molar-refractivity contribution >= 4 is 0 Å². The molecular formula is C14H23NO. The van der Waals surface area contributed by atoms with Crippen LogP contribution in [-0.2, 0) is 10.3 Å². The van der Waals surface area contributed by atoms with Gasteiger partial charge in [0, 0.05) is 18.8 Å². The summed E-state index contributed by atoms with van der Waals surface area (Å²) in [6, 6.07) is 10.4. The zero-order chi connectivity index (χ0) is 11.9. The lowest BCUT2D eigenvalue weighted by Gasteiger charge is -2.28. The third-order valence-electron chi connectivity index (χ3n) is 3.10. The summed E-state index contributed by atoms with van der Waals surface area (Å²) >= 11 is 0. The highest BCUT2D eigenvalue weighted by Crippen LogP contribution is 2.26. The van der Waals surface area contributed by atoms with E-state index in [-0.39, 0.29) is 5.54 Å². The molecule has 2 heteroatoms. The summed E-state index contributed by atoms with van der Waals surface area (Å²) in [4.78, 5) is 0. The summed E-state index contributed by atoms with van der Waals surface area (Å²) < 4.78 is 5.35. The molecule has 0 aliphatic heterocycles. The Balaban J connectivity index is 2.56. The molecule has 0 amide bonds. The maximum atomic E-state index is 6.45. The van der Waals surface area contributed by atoms with Crippen LogP contribution in [0.2, 0.25) is 0 Å². The number of nitrogens with two attached hydrogens (primary N) is 1. The normalized spacial score (nSPS) is 14.7. The van der Waals surface area contributed by atoms with Gasteiger partial charge in [0.25, 0.3) is 0 Å². The first-order valence-corrected chi connectivity index (χ1v) is 6.15. The van der Waals surface area contributed by atoms with Crippen LogP contribution in [0.1, 0.15) is 38.7 Å². The third-order valence-corrected chi connectivity index (χ3v) is 3.10. The zero-order valence-corrected chi connectivity index (χ0v) is 10.4. The van der Waals surface area contributed by atoms with Crippen LogP contribution < -0.4 is 5.73 Å². The lowest BCUT2D eigenvalue weighted by Crippen LogP contribution is -2.36. The van der Waals surface area contributed by atoms with Gasteiger partial charge in [0.05, 0.1) is 0 Å². The Morgan fingerprint density at radius 2 is 1.88 bits per heavy atom. The van der Waals surface area contributed by atoms with Gasteiger partial charge in [-0.1, -0.05) is 37.3 Å².